The topological polar surface area (TPSA) is 47.3 Å². The SMILES string of the molecule is CC1CC(Nc2cc(N)cc(OC(C)C)c2)C1. The Balaban J connectivity index is 2.03. The average Bonchev–Trinajstić information content (AvgIpc) is 2.12. The van der Waals surface area contributed by atoms with Crippen LogP contribution in [0.2, 0.25) is 0 Å². The van der Waals surface area contributed by atoms with Gasteiger partial charge < -0.3 is 15.8 Å². The van der Waals surface area contributed by atoms with E-state index in [1.54, 1.807) is 0 Å². The fraction of sp³-hybridized carbons (Fsp3) is 0.571. The summed E-state index contributed by atoms with van der Waals surface area (Å²) in [6, 6.07) is 6.46. The van der Waals surface area contributed by atoms with Gasteiger partial charge in [-0.25, -0.2) is 0 Å². The summed E-state index contributed by atoms with van der Waals surface area (Å²) < 4.78 is 5.67. The van der Waals surface area contributed by atoms with Gasteiger partial charge >= 0.3 is 0 Å². The number of ether oxygens (including phenoxy) is 1. The Bertz CT molecular complexity index is 384. The van der Waals surface area contributed by atoms with E-state index in [2.05, 4.69) is 12.2 Å². The lowest BCUT2D eigenvalue weighted by Gasteiger charge is -2.34. The molecule has 1 aromatic rings. The Hall–Kier alpha value is -1.38. The van der Waals surface area contributed by atoms with Gasteiger partial charge in [0.2, 0.25) is 0 Å². The molecule has 0 aliphatic heterocycles. The number of hydrogen-bond donors (Lipinski definition) is 2. The number of nitrogens with two attached hydrogens (primary N) is 1. The maximum Gasteiger partial charge on any atom is 0.123 e. The second kappa shape index (κ2) is 4.86. The normalized spacial score (nSPS) is 23.3. The first-order valence-electron chi connectivity index (χ1n) is 6.36. The van der Waals surface area contributed by atoms with Crippen LogP contribution in [0, 0.1) is 5.92 Å². The van der Waals surface area contributed by atoms with Gasteiger partial charge in [-0.1, -0.05) is 6.92 Å². The molecule has 0 bridgehead atoms. The molecule has 0 spiro atoms. The van der Waals surface area contributed by atoms with Crippen LogP contribution in [-0.2, 0) is 0 Å². The van der Waals surface area contributed by atoms with Crippen molar-refractivity contribution in [3.05, 3.63) is 18.2 Å². The van der Waals surface area contributed by atoms with Crippen molar-refractivity contribution in [2.75, 3.05) is 11.1 Å². The molecule has 1 saturated carbocycles. The quantitative estimate of drug-likeness (QED) is 0.786. The van der Waals surface area contributed by atoms with Crippen LogP contribution in [0.3, 0.4) is 0 Å². The van der Waals surface area contributed by atoms with E-state index in [-0.39, 0.29) is 6.10 Å². The second-order valence-corrected chi connectivity index (χ2v) is 5.38. The van der Waals surface area contributed by atoms with Gasteiger partial charge in [0.05, 0.1) is 6.10 Å². The Morgan fingerprint density at radius 3 is 2.59 bits per heavy atom. The van der Waals surface area contributed by atoms with E-state index in [0.29, 0.717) is 6.04 Å². The molecule has 0 saturated heterocycles. The molecule has 2 rings (SSSR count). The molecule has 3 N–H and O–H groups in total. The van der Waals surface area contributed by atoms with Gasteiger partial charge in [0, 0.05) is 29.5 Å². The van der Waals surface area contributed by atoms with E-state index in [9.17, 15) is 0 Å². The molecule has 0 radical (unpaired) electrons. The van der Waals surface area contributed by atoms with Crippen molar-refractivity contribution in [1.29, 1.82) is 0 Å². The molecule has 3 nitrogen and oxygen atoms in total. The molecule has 1 fully saturated rings. The van der Waals surface area contributed by atoms with Crippen molar-refractivity contribution >= 4 is 11.4 Å². The molecule has 0 heterocycles. The minimum absolute atomic E-state index is 0.174. The lowest BCUT2D eigenvalue weighted by Crippen LogP contribution is -2.33. The fourth-order valence-electron chi connectivity index (χ4n) is 2.30. The second-order valence-electron chi connectivity index (χ2n) is 5.38. The largest absolute Gasteiger partial charge is 0.491 e. The number of hydrogen-bond acceptors (Lipinski definition) is 3. The van der Waals surface area contributed by atoms with Gasteiger partial charge in [0.15, 0.2) is 0 Å². The van der Waals surface area contributed by atoms with Crippen molar-refractivity contribution in [2.45, 2.75) is 45.8 Å². The van der Waals surface area contributed by atoms with Crippen molar-refractivity contribution in [3.8, 4) is 5.75 Å². The zero-order chi connectivity index (χ0) is 12.4. The van der Waals surface area contributed by atoms with Crippen molar-refractivity contribution in [3.63, 3.8) is 0 Å². The Morgan fingerprint density at radius 1 is 1.29 bits per heavy atom. The third-order valence-electron chi connectivity index (χ3n) is 3.05. The van der Waals surface area contributed by atoms with E-state index >= 15 is 0 Å². The van der Waals surface area contributed by atoms with Gasteiger partial charge in [0.1, 0.15) is 5.75 Å². The number of anilines is 2. The summed E-state index contributed by atoms with van der Waals surface area (Å²) in [5.74, 6) is 1.69. The van der Waals surface area contributed by atoms with Crippen LogP contribution >= 0.6 is 0 Å². The van der Waals surface area contributed by atoms with Gasteiger partial charge in [0.25, 0.3) is 0 Å². The lowest BCUT2D eigenvalue weighted by atomic mass is 9.82. The standard InChI is InChI=1S/C14H22N2O/c1-9(2)17-14-7-11(15)6-13(8-14)16-12-4-10(3)5-12/h6-10,12,16H,4-5,15H2,1-3H3. The summed E-state index contributed by atoms with van der Waals surface area (Å²) >= 11 is 0. The molecule has 1 aliphatic carbocycles. The van der Waals surface area contributed by atoms with Gasteiger partial charge in [-0.15, -0.1) is 0 Å². The van der Waals surface area contributed by atoms with E-state index in [1.165, 1.54) is 12.8 Å². The third kappa shape index (κ3) is 3.29. The van der Waals surface area contributed by atoms with Crippen molar-refractivity contribution < 1.29 is 4.74 Å². The Labute approximate surface area is 103 Å². The van der Waals surface area contributed by atoms with Gasteiger partial charge in [-0.3, -0.25) is 0 Å². The monoisotopic (exact) mass is 234 g/mol. The van der Waals surface area contributed by atoms with Crippen LogP contribution < -0.4 is 15.8 Å². The highest BCUT2D eigenvalue weighted by molar-refractivity contribution is 5.59. The summed E-state index contributed by atoms with van der Waals surface area (Å²) in [6.45, 7) is 6.32. The van der Waals surface area contributed by atoms with Crippen molar-refractivity contribution in [2.24, 2.45) is 5.92 Å². The van der Waals surface area contributed by atoms with Gasteiger partial charge in [-0.2, -0.15) is 0 Å². The third-order valence-corrected chi connectivity index (χ3v) is 3.05. The molecule has 1 aliphatic rings. The molecule has 0 atom stereocenters. The lowest BCUT2D eigenvalue weighted by molar-refractivity contribution is 0.242. The van der Waals surface area contributed by atoms with Crippen molar-refractivity contribution in [1.82, 2.24) is 0 Å². The summed E-state index contributed by atoms with van der Waals surface area (Å²) in [4.78, 5) is 0. The van der Waals surface area contributed by atoms with Crippen LogP contribution in [0.4, 0.5) is 11.4 Å². The predicted octanol–water partition coefficient (Wildman–Crippen LogP) is 3.27. The summed E-state index contributed by atoms with van der Waals surface area (Å²) in [6.07, 6.45) is 2.66. The van der Waals surface area contributed by atoms with E-state index in [4.69, 9.17) is 10.5 Å². The molecular formula is C14H22N2O. The molecule has 94 valence electrons. The average molecular weight is 234 g/mol. The molecule has 3 heteroatoms. The van der Waals surface area contributed by atoms with Crippen LogP contribution in [0.25, 0.3) is 0 Å². The fourth-order valence-corrected chi connectivity index (χ4v) is 2.30. The zero-order valence-corrected chi connectivity index (χ0v) is 10.9. The Morgan fingerprint density at radius 2 is 2.00 bits per heavy atom. The maximum atomic E-state index is 5.88. The number of nitrogen functional groups attached to an aromatic ring is 1. The summed E-state index contributed by atoms with van der Waals surface area (Å²) in [5, 5.41) is 3.50. The first-order chi connectivity index (χ1) is 8.02. The molecule has 1 aromatic carbocycles. The summed E-state index contributed by atoms with van der Waals surface area (Å²) in [7, 11) is 0. The first-order valence-corrected chi connectivity index (χ1v) is 6.36. The zero-order valence-electron chi connectivity index (χ0n) is 10.9. The highest BCUT2D eigenvalue weighted by Crippen LogP contribution is 2.31. The number of nitrogens with one attached hydrogen (secondary N) is 1. The predicted molar refractivity (Wildman–Crippen MR) is 72.4 cm³/mol. The highest BCUT2D eigenvalue weighted by Gasteiger charge is 2.25. The van der Waals surface area contributed by atoms with Crippen LogP contribution in [0.5, 0.6) is 5.75 Å². The first kappa shape index (κ1) is 12.1. The van der Waals surface area contributed by atoms with E-state index in [0.717, 1.165) is 23.0 Å². The van der Waals surface area contributed by atoms with Crippen LogP contribution in [-0.4, -0.2) is 12.1 Å². The summed E-state index contributed by atoms with van der Waals surface area (Å²) in [5.41, 5.74) is 7.69. The highest BCUT2D eigenvalue weighted by atomic mass is 16.5. The minimum atomic E-state index is 0.174. The number of benzene rings is 1. The molecule has 0 unspecified atom stereocenters. The van der Waals surface area contributed by atoms with Crippen LogP contribution in [0.1, 0.15) is 33.6 Å². The van der Waals surface area contributed by atoms with E-state index in [1.807, 2.05) is 32.0 Å². The van der Waals surface area contributed by atoms with E-state index < -0.39 is 0 Å². The van der Waals surface area contributed by atoms with Gasteiger partial charge in [-0.05, 0) is 38.7 Å². The maximum absolute atomic E-state index is 5.88. The number of rotatable bonds is 4. The molecule has 17 heavy (non-hydrogen) atoms. The molecule has 0 aromatic heterocycles. The smallest absolute Gasteiger partial charge is 0.123 e. The Kier molecular flexibility index (Phi) is 3.46. The minimum Gasteiger partial charge on any atom is -0.491 e. The molecule has 0 amide bonds. The van der Waals surface area contributed by atoms with Crippen LogP contribution in [0.15, 0.2) is 18.2 Å². The molecular weight excluding hydrogens is 212 g/mol.